The molecule has 2 heterocycles. The largest absolute Gasteiger partial charge is 0.494 e. The minimum atomic E-state index is -0.618. The zero-order valence-corrected chi connectivity index (χ0v) is 19.5. The molecule has 4 rings (SSSR count). The second-order valence-electron chi connectivity index (χ2n) is 6.90. The number of rotatable bonds is 7. The van der Waals surface area contributed by atoms with Gasteiger partial charge in [0.1, 0.15) is 11.4 Å². The minimum absolute atomic E-state index is 0.0393. The molecule has 0 atom stereocenters. The van der Waals surface area contributed by atoms with Gasteiger partial charge in [-0.3, -0.25) is 4.79 Å². The lowest BCUT2D eigenvalue weighted by Crippen LogP contribution is -2.21. The summed E-state index contributed by atoms with van der Waals surface area (Å²) in [7, 11) is 0. The number of anilines is 1. The summed E-state index contributed by atoms with van der Waals surface area (Å²) < 4.78 is 11.3. The van der Waals surface area contributed by atoms with Gasteiger partial charge >= 0.3 is 0 Å². The molecule has 34 heavy (non-hydrogen) atoms. The van der Waals surface area contributed by atoms with Gasteiger partial charge in [0.05, 0.1) is 22.4 Å². The Morgan fingerprint density at radius 1 is 1.18 bits per heavy atom. The summed E-state index contributed by atoms with van der Waals surface area (Å²) in [5, 5.41) is 20.1. The van der Waals surface area contributed by atoms with E-state index in [0.717, 1.165) is 11.3 Å². The van der Waals surface area contributed by atoms with Crippen molar-refractivity contribution in [3.05, 3.63) is 63.8 Å². The van der Waals surface area contributed by atoms with Gasteiger partial charge in [-0.25, -0.2) is 10.1 Å². The standard InChI is InChI=1S/C21H18Cl2N8O3/c1-3-33-14-7-4-12(5-8-14)11(2)25-27-21(32)17-18(13-6-9-15(22)16(23)10-13)31(30-26-17)20-19(24)28-34-29-20/h4-10H,3H2,1-2H3,(H2,24,28)(H,27,32)/b25-11+. The molecular weight excluding hydrogens is 483 g/mol. The van der Waals surface area contributed by atoms with E-state index in [1.165, 1.54) is 4.68 Å². The third-order valence-corrected chi connectivity index (χ3v) is 5.42. The van der Waals surface area contributed by atoms with Crippen LogP contribution in [0.4, 0.5) is 5.82 Å². The molecule has 0 aliphatic carbocycles. The SMILES string of the molecule is CCOc1ccc(/C(C)=N/NC(=O)c2nnn(-c3nonc3N)c2-c2ccc(Cl)c(Cl)c2)cc1. The molecule has 0 radical (unpaired) electrons. The van der Waals surface area contributed by atoms with Crippen molar-refractivity contribution in [3.8, 4) is 22.8 Å². The minimum Gasteiger partial charge on any atom is -0.494 e. The number of halogens is 2. The molecule has 174 valence electrons. The Labute approximate surface area is 203 Å². The fourth-order valence-corrected chi connectivity index (χ4v) is 3.33. The van der Waals surface area contributed by atoms with E-state index < -0.39 is 5.91 Å². The molecule has 4 aromatic rings. The molecule has 2 aromatic carbocycles. The smallest absolute Gasteiger partial charge is 0.294 e. The summed E-state index contributed by atoms with van der Waals surface area (Å²) in [5.41, 5.74) is 10.4. The molecule has 0 saturated carbocycles. The van der Waals surface area contributed by atoms with Crippen molar-refractivity contribution in [2.75, 3.05) is 12.3 Å². The number of ether oxygens (including phenoxy) is 1. The van der Waals surface area contributed by atoms with Gasteiger partial charge in [0.15, 0.2) is 5.69 Å². The van der Waals surface area contributed by atoms with Crippen molar-refractivity contribution in [1.82, 2.24) is 30.7 Å². The lowest BCUT2D eigenvalue weighted by Gasteiger charge is -2.08. The second-order valence-corrected chi connectivity index (χ2v) is 7.71. The van der Waals surface area contributed by atoms with Crippen molar-refractivity contribution in [1.29, 1.82) is 0 Å². The fourth-order valence-electron chi connectivity index (χ4n) is 3.03. The summed E-state index contributed by atoms with van der Waals surface area (Å²) in [6.07, 6.45) is 0. The van der Waals surface area contributed by atoms with Gasteiger partial charge in [0, 0.05) is 5.56 Å². The van der Waals surface area contributed by atoms with Crippen LogP contribution < -0.4 is 15.9 Å². The van der Waals surface area contributed by atoms with Gasteiger partial charge < -0.3 is 10.5 Å². The highest BCUT2D eigenvalue weighted by Crippen LogP contribution is 2.31. The van der Waals surface area contributed by atoms with Crippen LogP contribution in [0, 0.1) is 0 Å². The van der Waals surface area contributed by atoms with Crippen LogP contribution in [-0.2, 0) is 0 Å². The van der Waals surface area contributed by atoms with Crippen LogP contribution in [0.15, 0.2) is 52.2 Å². The van der Waals surface area contributed by atoms with Crippen LogP contribution in [0.1, 0.15) is 29.9 Å². The van der Waals surface area contributed by atoms with Crippen molar-refractivity contribution >= 4 is 40.6 Å². The molecule has 1 amide bonds. The van der Waals surface area contributed by atoms with E-state index in [-0.39, 0.29) is 28.0 Å². The van der Waals surface area contributed by atoms with Crippen LogP contribution in [0.3, 0.4) is 0 Å². The van der Waals surface area contributed by atoms with Crippen LogP contribution >= 0.6 is 23.2 Å². The number of amides is 1. The molecular formula is C21H18Cl2N8O3. The Morgan fingerprint density at radius 3 is 2.59 bits per heavy atom. The van der Waals surface area contributed by atoms with Crippen molar-refractivity contribution < 1.29 is 14.2 Å². The monoisotopic (exact) mass is 500 g/mol. The Bertz CT molecular complexity index is 1360. The molecule has 0 unspecified atom stereocenters. The van der Waals surface area contributed by atoms with E-state index in [1.54, 1.807) is 25.1 Å². The van der Waals surface area contributed by atoms with Crippen LogP contribution in [-0.4, -0.2) is 43.5 Å². The third-order valence-electron chi connectivity index (χ3n) is 4.68. The molecule has 0 spiro atoms. The first-order chi connectivity index (χ1) is 16.4. The maximum absolute atomic E-state index is 13.0. The summed E-state index contributed by atoms with van der Waals surface area (Å²) in [6, 6.07) is 12.1. The number of nitrogens with one attached hydrogen (secondary N) is 1. The summed E-state index contributed by atoms with van der Waals surface area (Å²) in [4.78, 5) is 13.0. The van der Waals surface area contributed by atoms with Gasteiger partial charge in [-0.15, -0.1) is 5.10 Å². The topological polar surface area (TPSA) is 146 Å². The van der Waals surface area contributed by atoms with Crippen LogP contribution in [0.5, 0.6) is 5.75 Å². The molecule has 0 aliphatic heterocycles. The maximum Gasteiger partial charge on any atom is 0.294 e. The summed E-state index contributed by atoms with van der Waals surface area (Å²) in [6.45, 7) is 4.24. The first-order valence-electron chi connectivity index (χ1n) is 9.96. The molecule has 11 nitrogen and oxygen atoms in total. The van der Waals surface area contributed by atoms with Gasteiger partial charge in [0.25, 0.3) is 5.91 Å². The molecule has 2 aromatic heterocycles. The van der Waals surface area contributed by atoms with Gasteiger partial charge in [-0.1, -0.05) is 34.5 Å². The van der Waals surface area contributed by atoms with E-state index in [4.69, 9.17) is 33.7 Å². The number of carbonyl (C=O) groups is 1. The zero-order valence-electron chi connectivity index (χ0n) is 18.0. The maximum atomic E-state index is 13.0. The molecule has 0 saturated heterocycles. The fraction of sp³-hybridized carbons (Fsp3) is 0.143. The summed E-state index contributed by atoms with van der Waals surface area (Å²) >= 11 is 12.2. The predicted octanol–water partition coefficient (Wildman–Crippen LogP) is 3.76. The van der Waals surface area contributed by atoms with E-state index in [2.05, 4.69) is 35.8 Å². The van der Waals surface area contributed by atoms with Gasteiger partial charge in [0.2, 0.25) is 11.6 Å². The Morgan fingerprint density at radius 2 is 1.94 bits per heavy atom. The lowest BCUT2D eigenvalue weighted by atomic mass is 10.1. The van der Waals surface area contributed by atoms with Crippen molar-refractivity contribution in [3.63, 3.8) is 0 Å². The number of benzene rings is 2. The van der Waals surface area contributed by atoms with E-state index >= 15 is 0 Å². The number of hydrazone groups is 1. The first-order valence-corrected chi connectivity index (χ1v) is 10.7. The van der Waals surface area contributed by atoms with E-state index in [9.17, 15) is 4.79 Å². The highest BCUT2D eigenvalue weighted by atomic mass is 35.5. The normalized spacial score (nSPS) is 11.5. The number of carbonyl (C=O) groups excluding carboxylic acids is 1. The quantitative estimate of drug-likeness (QED) is 0.288. The van der Waals surface area contributed by atoms with Gasteiger partial charge in [-0.05, 0) is 66.1 Å². The number of hydrogen-bond acceptors (Lipinski definition) is 9. The van der Waals surface area contributed by atoms with Crippen molar-refractivity contribution in [2.45, 2.75) is 13.8 Å². The zero-order chi connectivity index (χ0) is 24.2. The van der Waals surface area contributed by atoms with Crippen molar-refractivity contribution in [2.24, 2.45) is 5.10 Å². The number of nitrogens with two attached hydrogens (primary N) is 1. The molecule has 0 aliphatic rings. The molecule has 3 N–H and O–H groups in total. The average Bonchev–Trinajstić information content (AvgIpc) is 3.45. The molecule has 0 bridgehead atoms. The molecule has 13 heteroatoms. The average molecular weight is 501 g/mol. The molecule has 0 fully saturated rings. The number of nitrogens with zero attached hydrogens (tertiary/aromatic N) is 6. The highest BCUT2D eigenvalue weighted by Gasteiger charge is 2.25. The number of aromatic nitrogens is 5. The number of nitrogen functional groups attached to an aromatic ring is 1. The summed E-state index contributed by atoms with van der Waals surface area (Å²) in [5.74, 6) is 0.143. The van der Waals surface area contributed by atoms with Crippen LogP contribution in [0.25, 0.3) is 17.1 Å². The van der Waals surface area contributed by atoms with E-state index in [1.807, 2.05) is 31.2 Å². The van der Waals surface area contributed by atoms with Crippen LogP contribution in [0.2, 0.25) is 10.0 Å². The third kappa shape index (κ3) is 4.70. The first kappa shape index (κ1) is 23.2. The van der Waals surface area contributed by atoms with E-state index in [0.29, 0.717) is 22.9 Å². The Kier molecular flexibility index (Phi) is 6.75. The second kappa shape index (κ2) is 9.89. The van der Waals surface area contributed by atoms with Gasteiger partial charge in [-0.2, -0.15) is 9.78 Å². The Hall–Kier alpha value is -3.96. The highest BCUT2D eigenvalue weighted by molar-refractivity contribution is 6.42. The Balaban J connectivity index is 1.67. The number of hydrogen-bond donors (Lipinski definition) is 2. The predicted molar refractivity (Wildman–Crippen MR) is 126 cm³/mol. The lowest BCUT2D eigenvalue weighted by molar-refractivity contribution is 0.0950.